The predicted octanol–water partition coefficient (Wildman–Crippen LogP) is 1.57. The maximum absolute atomic E-state index is 13.2. The third kappa shape index (κ3) is 2.99. The van der Waals surface area contributed by atoms with Gasteiger partial charge in [0.15, 0.2) is 0 Å². The van der Waals surface area contributed by atoms with Crippen LogP contribution in [0.5, 0.6) is 0 Å². The third-order valence-corrected chi connectivity index (χ3v) is 5.70. The molecule has 20 heavy (non-hydrogen) atoms. The summed E-state index contributed by atoms with van der Waals surface area (Å²) in [6, 6.07) is 2.34. The molecule has 0 bridgehead atoms. The van der Waals surface area contributed by atoms with Crippen molar-refractivity contribution in [3.8, 4) is 0 Å². The molecule has 1 aliphatic rings. The first-order chi connectivity index (χ1) is 9.34. The largest absolute Gasteiger partial charge is 0.330 e. The highest BCUT2D eigenvalue weighted by Gasteiger charge is 2.33. The van der Waals surface area contributed by atoms with Gasteiger partial charge in [-0.1, -0.05) is 6.92 Å². The summed E-state index contributed by atoms with van der Waals surface area (Å²) in [6.45, 7) is 3.06. The highest BCUT2D eigenvalue weighted by molar-refractivity contribution is 7.89. The van der Waals surface area contributed by atoms with Gasteiger partial charge in [0.2, 0.25) is 10.0 Å². The summed E-state index contributed by atoms with van der Waals surface area (Å²) in [5, 5.41) is 0. The molecule has 1 aliphatic heterocycles. The Hall–Kier alpha value is -1.05. The van der Waals surface area contributed by atoms with Crippen molar-refractivity contribution in [3.05, 3.63) is 29.8 Å². The van der Waals surface area contributed by atoms with Crippen LogP contribution in [0.4, 0.5) is 8.78 Å². The zero-order valence-corrected chi connectivity index (χ0v) is 12.0. The zero-order valence-electron chi connectivity index (χ0n) is 11.2. The van der Waals surface area contributed by atoms with Gasteiger partial charge in [0.1, 0.15) is 11.6 Å². The lowest BCUT2D eigenvalue weighted by Crippen LogP contribution is -2.45. The van der Waals surface area contributed by atoms with E-state index in [9.17, 15) is 17.2 Å². The van der Waals surface area contributed by atoms with E-state index >= 15 is 0 Å². The average molecular weight is 304 g/mol. The second-order valence-electron chi connectivity index (χ2n) is 5.23. The van der Waals surface area contributed by atoms with E-state index in [4.69, 9.17) is 5.73 Å². The van der Waals surface area contributed by atoms with E-state index in [0.29, 0.717) is 31.5 Å². The van der Waals surface area contributed by atoms with Crippen LogP contribution in [0.25, 0.3) is 0 Å². The minimum absolute atomic E-state index is 0.0666. The molecule has 1 aromatic rings. The fraction of sp³-hybridized carbons (Fsp3) is 0.538. The number of hydrogen-bond acceptors (Lipinski definition) is 3. The Bertz CT molecular complexity index is 572. The summed E-state index contributed by atoms with van der Waals surface area (Å²) < 4.78 is 52.5. The van der Waals surface area contributed by atoms with Gasteiger partial charge in [-0.15, -0.1) is 0 Å². The molecule has 112 valence electrons. The lowest BCUT2D eigenvalue weighted by molar-refractivity contribution is 0.203. The SMILES string of the molecule is CC1CCN(S(=O)(=O)c2cc(F)cc(F)c2)CC1CN. The van der Waals surface area contributed by atoms with E-state index in [-0.39, 0.29) is 17.4 Å². The van der Waals surface area contributed by atoms with Gasteiger partial charge in [-0.25, -0.2) is 17.2 Å². The van der Waals surface area contributed by atoms with Gasteiger partial charge in [0.25, 0.3) is 0 Å². The number of piperidine rings is 1. The summed E-state index contributed by atoms with van der Waals surface area (Å²) in [5.74, 6) is -1.39. The topological polar surface area (TPSA) is 63.4 Å². The van der Waals surface area contributed by atoms with Crippen molar-refractivity contribution in [3.63, 3.8) is 0 Å². The Morgan fingerprint density at radius 3 is 2.45 bits per heavy atom. The van der Waals surface area contributed by atoms with E-state index in [0.717, 1.165) is 12.1 Å². The van der Waals surface area contributed by atoms with Crippen LogP contribution in [0.1, 0.15) is 13.3 Å². The first kappa shape index (κ1) is 15.3. The fourth-order valence-electron chi connectivity index (χ4n) is 2.47. The Labute approximate surface area is 117 Å². The molecule has 0 saturated carbocycles. The molecule has 1 aromatic carbocycles. The Morgan fingerprint density at radius 1 is 1.30 bits per heavy atom. The zero-order chi connectivity index (χ0) is 14.9. The van der Waals surface area contributed by atoms with Crippen LogP contribution in [0, 0.1) is 23.5 Å². The Kier molecular flexibility index (Phi) is 4.41. The lowest BCUT2D eigenvalue weighted by Gasteiger charge is -2.35. The highest BCUT2D eigenvalue weighted by atomic mass is 32.2. The number of nitrogens with two attached hydrogens (primary N) is 1. The molecule has 0 amide bonds. The van der Waals surface area contributed by atoms with Gasteiger partial charge >= 0.3 is 0 Å². The fourth-order valence-corrected chi connectivity index (χ4v) is 4.02. The van der Waals surface area contributed by atoms with Gasteiger partial charge < -0.3 is 5.73 Å². The van der Waals surface area contributed by atoms with Crippen molar-refractivity contribution >= 4 is 10.0 Å². The number of nitrogens with zero attached hydrogens (tertiary/aromatic N) is 1. The van der Waals surface area contributed by atoms with Gasteiger partial charge in [-0.05, 0) is 36.9 Å². The molecule has 1 saturated heterocycles. The number of rotatable bonds is 3. The van der Waals surface area contributed by atoms with Crippen molar-refractivity contribution in [2.45, 2.75) is 18.2 Å². The van der Waals surface area contributed by atoms with Gasteiger partial charge in [0.05, 0.1) is 4.90 Å². The summed E-state index contributed by atoms with van der Waals surface area (Å²) in [7, 11) is -3.88. The molecule has 2 rings (SSSR count). The highest BCUT2D eigenvalue weighted by Crippen LogP contribution is 2.27. The first-order valence-electron chi connectivity index (χ1n) is 6.51. The molecule has 2 unspecified atom stereocenters. The van der Waals surface area contributed by atoms with E-state index in [1.807, 2.05) is 6.92 Å². The second kappa shape index (κ2) is 5.75. The molecule has 2 N–H and O–H groups in total. The van der Waals surface area contributed by atoms with E-state index in [1.165, 1.54) is 4.31 Å². The van der Waals surface area contributed by atoms with Crippen LogP contribution < -0.4 is 5.73 Å². The van der Waals surface area contributed by atoms with Crippen molar-refractivity contribution in [2.24, 2.45) is 17.6 Å². The predicted molar refractivity (Wildman–Crippen MR) is 71.4 cm³/mol. The van der Waals surface area contributed by atoms with Gasteiger partial charge in [-0.3, -0.25) is 0 Å². The lowest BCUT2D eigenvalue weighted by atomic mass is 9.88. The normalized spacial score (nSPS) is 24.8. The molecule has 1 heterocycles. The molecule has 0 aliphatic carbocycles. The molecular formula is C13H18F2N2O2S. The molecule has 2 atom stereocenters. The van der Waals surface area contributed by atoms with E-state index in [1.54, 1.807) is 0 Å². The molecule has 0 aromatic heterocycles. The monoisotopic (exact) mass is 304 g/mol. The van der Waals surface area contributed by atoms with Crippen molar-refractivity contribution < 1.29 is 17.2 Å². The quantitative estimate of drug-likeness (QED) is 0.922. The molecule has 4 nitrogen and oxygen atoms in total. The maximum atomic E-state index is 13.2. The Morgan fingerprint density at radius 2 is 1.90 bits per heavy atom. The number of benzene rings is 1. The van der Waals surface area contributed by atoms with Crippen molar-refractivity contribution in [1.82, 2.24) is 4.31 Å². The summed E-state index contributed by atoms with van der Waals surface area (Å²) in [4.78, 5) is -0.347. The van der Waals surface area contributed by atoms with Crippen molar-refractivity contribution in [2.75, 3.05) is 19.6 Å². The summed E-state index contributed by atoms with van der Waals surface area (Å²) in [6.07, 6.45) is 0.693. The number of sulfonamides is 1. The van der Waals surface area contributed by atoms with E-state index in [2.05, 4.69) is 0 Å². The molecule has 1 fully saturated rings. The van der Waals surface area contributed by atoms with Gasteiger partial charge in [-0.2, -0.15) is 4.31 Å². The van der Waals surface area contributed by atoms with Crippen LogP contribution >= 0.6 is 0 Å². The maximum Gasteiger partial charge on any atom is 0.243 e. The minimum Gasteiger partial charge on any atom is -0.330 e. The molecule has 0 spiro atoms. The van der Waals surface area contributed by atoms with Crippen LogP contribution in [0.3, 0.4) is 0 Å². The van der Waals surface area contributed by atoms with E-state index < -0.39 is 21.7 Å². The third-order valence-electron chi connectivity index (χ3n) is 3.85. The molecule has 0 radical (unpaired) electrons. The number of hydrogen-bond donors (Lipinski definition) is 1. The molecular weight excluding hydrogens is 286 g/mol. The Balaban J connectivity index is 2.30. The second-order valence-corrected chi connectivity index (χ2v) is 7.17. The summed E-state index contributed by atoms with van der Waals surface area (Å²) >= 11 is 0. The minimum atomic E-state index is -3.88. The smallest absolute Gasteiger partial charge is 0.243 e. The first-order valence-corrected chi connectivity index (χ1v) is 7.95. The summed E-state index contributed by atoms with van der Waals surface area (Å²) in [5.41, 5.74) is 5.64. The number of halogens is 2. The van der Waals surface area contributed by atoms with Crippen molar-refractivity contribution in [1.29, 1.82) is 0 Å². The van der Waals surface area contributed by atoms with Crippen LogP contribution in [0.2, 0.25) is 0 Å². The average Bonchev–Trinajstić information content (AvgIpc) is 2.37. The standard InChI is InChI=1S/C13H18F2N2O2S/c1-9-2-3-17(8-10(9)7-16)20(18,19)13-5-11(14)4-12(15)6-13/h4-6,9-10H,2-3,7-8,16H2,1H3. The van der Waals surface area contributed by atoms with Gasteiger partial charge in [0, 0.05) is 19.2 Å². The van der Waals surface area contributed by atoms with Crippen LogP contribution in [0.15, 0.2) is 23.1 Å². The van der Waals surface area contributed by atoms with Crippen LogP contribution in [-0.2, 0) is 10.0 Å². The molecule has 7 heteroatoms. The van der Waals surface area contributed by atoms with Crippen LogP contribution in [-0.4, -0.2) is 32.4 Å².